The van der Waals surface area contributed by atoms with Gasteiger partial charge in [0.1, 0.15) is 5.82 Å². The molecule has 0 aliphatic heterocycles. The lowest BCUT2D eigenvalue weighted by molar-refractivity contribution is 0.0991. The van der Waals surface area contributed by atoms with Gasteiger partial charge in [0.15, 0.2) is 17.4 Å². The van der Waals surface area contributed by atoms with Crippen LogP contribution in [-0.2, 0) is 0 Å². The first kappa shape index (κ1) is 15.6. The number of carbonyl (C=O) groups excluding carboxylic acids is 1. The van der Waals surface area contributed by atoms with Crippen LogP contribution in [0.25, 0.3) is 5.69 Å². The SMILES string of the molecule is Cc1cc(C(=O)C(C)Cl)c(C)n1-c1cc(F)cc(F)c1F. The maximum absolute atomic E-state index is 13.9. The van der Waals surface area contributed by atoms with Crippen LogP contribution in [0.5, 0.6) is 0 Å². The van der Waals surface area contributed by atoms with E-state index in [0.717, 1.165) is 6.07 Å². The summed E-state index contributed by atoms with van der Waals surface area (Å²) in [6, 6.07) is 2.88. The minimum absolute atomic E-state index is 0.274. The molecule has 1 atom stereocenters. The fourth-order valence-electron chi connectivity index (χ4n) is 2.30. The number of benzene rings is 1. The molecule has 0 bridgehead atoms. The van der Waals surface area contributed by atoms with E-state index in [1.54, 1.807) is 13.8 Å². The van der Waals surface area contributed by atoms with Gasteiger partial charge in [0, 0.05) is 29.1 Å². The average molecular weight is 316 g/mol. The summed E-state index contributed by atoms with van der Waals surface area (Å²) < 4.78 is 41.9. The fourth-order valence-corrected chi connectivity index (χ4v) is 2.42. The molecule has 0 saturated carbocycles. The largest absolute Gasteiger partial charge is 0.315 e. The molecule has 0 N–H and O–H groups in total. The molecule has 0 amide bonds. The fraction of sp³-hybridized carbons (Fsp3) is 0.267. The van der Waals surface area contributed by atoms with Crippen LogP contribution in [0.3, 0.4) is 0 Å². The number of rotatable bonds is 3. The summed E-state index contributed by atoms with van der Waals surface area (Å²) in [7, 11) is 0. The Bertz CT molecular complexity index is 722. The Balaban J connectivity index is 2.69. The second-order valence-corrected chi connectivity index (χ2v) is 5.48. The summed E-state index contributed by atoms with van der Waals surface area (Å²) in [6.07, 6.45) is 0. The van der Waals surface area contributed by atoms with Gasteiger partial charge in [0.2, 0.25) is 0 Å². The van der Waals surface area contributed by atoms with Crippen LogP contribution in [0.4, 0.5) is 13.2 Å². The van der Waals surface area contributed by atoms with Crippen molar-refractivity contribution in [2.24, 2.45) is 0 Å². The number of hydrogen-bond acceptors (Lipinski definition) is 1. The zero-order valence-electron chi connectivity index (χ0n) is 11.7. The van der Waals surface area contributed by atoms with Gasteiger partial charge in [-0.3, -0.25) is 4.79 Å². The normalized spacial score (nSPS) is 12.5. The molecule has 1 heterocycles. The highest BCUT2D eigenvalue weighted by Crippen LogP contribution is 2.26. The van der Waals surface area contributed by atoms with Crippen molar-refractivity contribution in [2.45, 2.75) is 26.1 Å². The third kappa shape index (κ3) is 2.70. The Kier molecular flexibility index (Phi) is 4.14. The minimum atomic E-state index is -1.28. The molecule has 2 nitrogen and oxygen atoms in total. The Labute approximate surface area is 125 Å². The third-order valence-electron chi connectivity index (χ3n) is 3.27. The lowest BCUT2D eigenvalue weighted by Crippen LogP contribution is -2.12. The van der Waals surface area contributed by atoms with Crippen molar-refractivity contribution in [3.8, 4) is 5.69 Å². The van der Waals surface area contributed by atoms with Crippen molar-refractivity contribution in [1.82, 2.24) is 4.57 Å². The van der Waals surface area contributed by atoms with Crippen molar-refractivity contribution in [3.63, 3.8) is 0 Å². The molecular formula is C15H13ClF3NO. The molecule has 2 aromatic rings. The summed E-state index contributed by atoms with van der Waals surface area (Å²) in [5.74, 6) is -3.67. The van der Waals surface area contributed by atoms with Crippen molar-refractivity contribution in [1.29, 1.82) is 0 Å². The quantitative estimate of drug-likeness (QED) is 0.469. The lowest BCUT2D eigenvalue weighted by atomic mass is 10.1. The van der Waals surface area contributed by atoms with Crippen LogP contribution >= 0.6 is 11.6 Å². The van der Waals surface area contributed by atoms with Gasteiger partial charge >= 0.3 is 0 Å². The predicted octanol–water partition coefficient (Wildman–Crippen LogP) is 4.32. The number of aromatic nitrogens is 1. The number of nitrogens with zero attached hydrogens (tertiary/aromatic N) is 1. The molecule has 112 valence electrons. The Morgan fingerprint density at radius 1 is 1.19 bits per heavy atom. The summed E-state index contributed by atoms with van der Waals surface area (Å²) in [5.41, 5.74) is 0.897. The minimum Gasteiger partial charge on any atom is -0.315 e. The van der Waals surface area contributed by atoms with Gasteiger partial charge in [-0.25, -0.2) is 13.2 Å². The molecule has 21 heavy (non-hydrogen) atoms. The van der Waals surface area contributed by atoms with E-state index in [4.69, 9.17) is 11.6 Å². The average Bonchev–Trinajstić information content (AvgIpc) is 2.68. The molecule has 1 aromatic carbocycles. The second kappa shape index (κ2) is 5.56. The molecule has 0 spiro atoms. The van der Waals surface area contributed by atoms with Gasteiger partial charge in [0.05, 0.1) is 11.1 Å². The van der Waals surface area contributed by atoms with Crippen LogP contribution in [0.15, 0.2) is 18.2 Å². The zero-order chi connectivity index (χ0) is 15.9. The molecule has 0 aliphatic rings. The van der Waals surface area contributed by atoms with Crippen molar-refractivity contribution < 1.29 is 18.0 Å². The Hall–Kier alpha value is -1.75. The molecule has 2 rings (SSSR count). The lowest BCUT2D eigenvalue weighted by Gasteiger charge is -2.12. The van der Waals surface area contributed by atoms with E-state index in [1.807, 2.05) is 0 Å². The third-order valence-corrected chi connectivity index (χ3v) is 3.47. The molecule has 1 aromatic heterocycles. The van der Waals surface area contributed by atoms with Crippen LogP contribution < -0.4 is 0 Å². The van der Waals surface area contributed by atoms with Crippen molar-refractivity contribution >= 4 is 17.4 Å². The van der Waals surface area contributed by atoms with E-state index in [-0.39, 0.29) is 11.5 Å². The first-order valence-corrected chi connectivity index (χ1v) is 6.69. The number of alkyl halides is 1. The van der Waals surface area contributed by atoms with E-state index >= 15 is 0 Å². The first-order chi connectivity index (χ1) is 9.73. The highest BCUT2D eigenvalue weighted by atomic mass is 35.5. The molecule has 6 heteroatoms. The van der Waals surface area contributed by atoms with Gasteiger partial charge in [-0.05, 0) is 26.8 Å². The van der Waals surface area contributed by atoms with E-state index in [2.05, 4.69) is 0 Å². The summed E-state index contributed by atoms with van der Waals surface area (Å²) in [6.45, 7) is 4.71. The number of hydrogen-bond donors (Lipinski definition) is 0. The number of carbonyl (C=O) groups is 1. The molecular weight excluding hydrogens is 303 g/mol. The number of aryl methyl sites for hydroxylation is 1. The molecule has 0 fully saturated rings. The van der Waals surface area contributed by atoms with Gasteiger partial charge in [0.25, 0.3) is 0 Å². The standard InChI is InChI=1S/C15H13ClF3NO/c1-7-4-11(15(21)8(2)16)9(3)20(7)13-6-10(17)5-12(18)14(13)19/h4-6,8H,1-3H3. The van der Waals surface area contributed by atoms with E-state index in [0.29, 0.717) is 23.0 Å². The van der Waals surface area contributed by atoms with Gasteiger partial charge < -0.3 is 4.57 Å². The summed E-state index contributed by atoms with van der Waals surface area (Å²) in [5, 5.41) is -0.743. The van der Waals surface area contributed by atoms with E-state index in [9.17, 15) is 18.0 Å². The van der Waals surface area contributed by atoms with Crippen LogP contribution in [-0.4, -0.2) is 15.7 Å². The number of ketones is 1. The summed E-state index contributed by atoms with van der Waals surface area (Å²) in [4.78, 5) is 12.0. The molecule has 1 unspecified atom stereocenters. The van der Waals surface area contributed by atoms with E-state index < -0.39 is 22.8 Å². The highest BCUT2D eigenvalue weighted by molar-refractivity contribution is 6.33. The van der Waals surface area contributed by atoms with Gasteiger partial charge in [-0.2, -0.15) is 0 Å². The molecule has 0 aliphatic carbocycles. The monoisotopic (exact) mass is 315 g/mol. The Morgan fingerprint density at radius 2 is 1.81 bits per heavy atom. The van der Waals surface area contributed by atoms with Crippen LogP contribution in [0, 0.1) is 31.3 Å². The molecule has 0 saturated heterocycles. The number of halogens is 4. The smallest absolute Gasteiger partial charge is 0.182 e. The van der Waals surface area contributed by atoms with Crippen molar-refractivity contribution in [2.75, 3.05) is 0 Å². The van der Waals surface area contributed by atoms with E-state index in [1.165, 1.54) is 17.6 Å². The topological polar surface area (TPSA) is 22.0 Å². The highest BCUT2D eigenvalue weighted by Gasteiger charge is 2.22. The van der Waals surface area contributed by atoms with Crippen LogP contribution in [0.1, 0.15) is 28.7 Å². The Morgan fingerprint density at radius 3 is 2.38 bits per heavy atom. The van der Waals surface area contributed by atoms with Crippen molar-refractivity contribution in [3.05, 3.63) is 52.6 Å². The maximum atomic E-state index is 13.9. The second-order valence-electron chi connectivity index (χ2n) is 4.82. The summed E-state index contributed by atoms with van der Waals surface area (Å²) >= 11 is 5.77. The first-order valence-electron chi connectivity index (χ1n) is 6.26. The molecule has 0 radical (unpaired) electrons. The zero-order valence-corrected chi connectivity index (χ0v) is 12.4. The van der Waals surface area contributed by atoms with Gasteiger partial charge in [-0.1, -0.05) is 0 Å². The maximum Gasteiger partial charge on any atom is 0.182 e. The predicted molar refractivity (Wildman–Crippen MR) is 74.8 cm³/mol. The number of Topliss-reactive ketones (excluding diaryl/α,β-unsaturated/α-hetero) is 1. The van der Waals surface area contributed by atoms with Gasteiger partial charge in [-0.15, -0.1) is 11.6 Å². The van der Waals surface area contributed by atoms with Crippen LogP contribution in [0.2, 0.25) is 0 Å².